The van der Waals surface area contributed by atoms with Crippen LogP contribution in [0.3, 0.4) is 0 Å². The van der Waals surface area contributed by atoms with Gasteiger partial charge in [0, 0.05) is 42.8 Å². The predicted molar refractivity (Wildman–Crippen MR) is 138 cm³/mol. The van der Waals surface area contributed by atoms with Crippen LogP contribution < -0.4 is 15.1 Å². The Bertz CT molecular complexity index is 1360. The van der Waals surface area contributed by atoms with Crippen molar-refractivity contribution in [1.82, 2.24) is 4.57 Å². The molecular formula is C27H30ClFN2O5. The summed E-state index contributed by atoms with van der Waals surface area (Å²) in [5.41, 5.74) is 1.10. The number of methoxy groups -OCH3 is 1. The molecule has 0 spiro atoms. The lowest BCUT2D eigenvalue weighted by atomic mass is 9.98. The summed E-state index contributed by atoms with van der Waals surface area (Å²) < 4.78 is 22.3. The first kappa shape index (κ1) is 26.0. The van der Waals surface area contributed by atoms with Gasteiger partial charge in [0.2, 0.25) is 5.43 Å². The molecule has 192 valence electrons. The summed E-state index contributed by atoms with van der Waals surface area (Å²) in [7, 11) is 1.48. The van der Waals surface area contributed by atoms with E-state index in [1.54, 1.807) is 28.8 Å². The Morgan fingerprint density at radius 2 is 1.86 bits per heavy atom. The summed E-state index contributed by atoms with van der Waals surface area (Å²) in [5, 5.41) is 19.9. The Morgan fingerprint density at radius 3 is 2.44 bits per heavy atom. The van der Waals surface area contributed by atoms with Crippen LogP contribution in [-0.2, 0) is 6.42 Å². The summed E-state index contributed by atoms with van der Waals surface area (Å²) in [6.45, 7) is 5.30. The second-order valence-corrected chi connectivity index (χ2v) is 9.94. The Kier molecular flexibility index (Phi) is 7.57. The molecule has 0 aliphatic carbocycles. The molecule has 0 radical (unpaired) electrons. The monoisotopic (exact) mass is 516 g/mol. The molecule has 4 rings (SSSR count). The number of benzene rings is 2. The number of aliphatic hydroxyl groups is 1. The number of ether oxygens (including phenoxy) is 1. The van der Waals surface area contributed by atoms with Crippen molar-refractivity contribution in [2.24, 2.45) is 5.92 Å². The van der Waals surface area contributed by atoms with E-state index in [0.717, 1.165) is 31.6 Å². The van der Waals surface area contributed by atoms with Crippen LogP contribution in [0, 0.1) is 11.7 Å². The molecule has 1 aliphatic rings. The highest BCUT2D eigenvalue weighted by atomic mass is 35.5. The number of carbonyl (C=O) groups is 1. The molecule has 36 heavy (non-hydrogen) atoms. The van der Waals surface area contributed by atoms with Crippen LogP contribution in [0.5, 0.6) is 5.75 Å². The zero-order valence-electron chi connectivity index (χ0n) is 20.6. The molecule has 3 aromatic rings. The quantitative estimate of drug-likeness (QED) is 0.443. The molecule has 2 aromatic carbocycles. The number of anilines is 1. The number of halogens is 2. The average Bonchev–Trinajstić information content (AvgIpc) is 3.38. The molecule has 9 heteroatoms. The molecule has 0 saturated carbocycles. The molecule has 1 aliphatic heterocycles. The molecule has 1 atom stereocenters. The van der Waals surface area contributed by atoms with Crippen LogP contribution in [0.4, 0.5) is 10.1 Å². The molecule has 1 fully saturated rings. The van der Waals surface area contributed by atoms with Crippen LogP contribution in [0.15, 0.2) is 35.3 Å². The third-order valence-electron chi connectivity index (χ3n) is 6.92. The molecule has 2 N–H and O–H groups in total. The maximum atomic E-state index is 15.1. The van der Waals surface area contributed by atoms with E-state index >= 15 is 4.39 Å². The second kappa shape index (κ2) is 10.5. The number of hydrogen-bond donors (Lipinski definition) is 2. The number of hydrogen-bond acceptors (Lipinski definition) is 5. The fourth-order valence-electron chi connectivity index (χ4n) is 4.92. The van der Waals surface area contributed by atoms with Gasteiger partial charge in [-0.3, -0.25) is 4.79 Å². The zero-order chi connectivity index (χ0) is 26.1. The van der Waals surface area contributed by atoms with Gasteiger partial charge in [0.25, 0.3) is 0 Å². The van der Waals surface area contributed by atoms with E-state index in [1.165, 1.54) is 13.3 Å². The van der Waals surface area contributed by atoms with Crippen LogP contribution in [0.2, 0.25) is 5.02 Å². The van der Waals surface area contributed by atoms with Crippen molar-refractivity contribution >= 4 is 34.2 Å². The Morgan fingerprint density at radius 1 is 1.17 bits per heavy atom. The Balaban J connectivity index is 1.91. The van der Waals surface area contributed by atoms with E-state index in [4.69, 9.17) is 16.3 Å². The van der Waals surface area contributed by atoms with Gasteiger partial charge in [-0.1, -0.05) is 25.4 Å². The van der Waals surface area contributed by atoms with Gasteiger partial charge in [-0.15, -0.1) is 0 Å². The lowest BCUT2D eigenvalue weighted by molar-refractivity contribution is 0.0694. The highest BCUT2D eigenvalue weighted by Crippen LogP contribution is 2.34. The standard InChI is InChI=1S/C27H30ClFN2O5/c1-15(2)23(14-32)31-13-20(27(34)35)26(33)19-10-16(24(36-3)12-22(19)31)8-17-9-18(11-21(28)25(17)29)30-6-4-5-7-30/h9-13,15,23,32H,4-8,14H2,1-3H3,(H,34,35). The number of rotatable bonds is 8. The topological polar surface area (TPSA) is 92.0 Å². The first-order valence-corrected chi connectivity index (χ1v) is 12.4. The molecule has 1 unspecified atom stereocenters. The van der Waals surface area contributed by atoms with Gasteiger partial charge in [0.05, 0.1) is 30.3 Å². The van der Waals surface area contributed by atoms with Gasteiger partial charge in [-0.2, -0.15) is 0 Å². The highest BCUT2D eigenvalue weighted by Gasteiger charge is 2.24. The normalized spacial score (nSPS) is 14.6. The third-order valence-corrected chi connectivity index (χ3v) is 7.19. The molecule has 7 nitrogen and oxygen atoms in total. The molecule has 1 saturated heterocycles. The number of carboxylic acid groups (broad SMARTS) is 1. The fraction of sp³-hybridized carbons (Fsp3) is 0.407. The van der Waals surface area contributed by atoms with Gasteiger partial charge in [-0.05, 0) is 48.1 Å². The summed E-state index contributed by atoms with van der Waals surface area (Å²) in [6, 6.07) is 6.14. The summed E-state index contributed by atoms with van der Waals surface area (Å²) in [6.07, 6.45) is 3.49. The van der Waals surface area contributed by atoms with E-state index in [2.05, 4.69) is 4.90 Å². The molecule has 2 heterocycles. The smallest absolute Gasteiger partial charge is 0.341 e. The van der Waals surface area contributed by atoms with Gasteiger partial charge in [-0.25, -0.2) is 9.18 Å². The lowest BCUT2D eigenvalue weighted by Crippen LogP contribution is -2.25. The van der Waals surface area contributed by atoms with Crippen molar-refractivity contribution in [3.05, 3.63) is 68.2 Å². The number of aromatic carboxylic acids is 1. The number of aromatic nitrogens is 1. The average molecular weight is 517 g/mol. The van der Waals surface area contributed by atoms with Crippen molar-refractivity contribution in [1.29, 1.82) is 0 Å². The van der Waals surface area contributed by atoms with Crippen LogP contribution in [-0.4, -0.2) is 47.6 Å². The van der Waals surface area contributed by atoms with E-state index in [1.807, 2.05) is 13.8 Å². The number of nitrogens with zero attached hydrogens (tertiary/aromatic N) is 2. The van der Waals surface area contributed by atoms with Crippen molar-refractivity contribution in [2.75, 3.05) is 31.7 Å². The first-order valence-electron chi connectivity index (χ1n) is 12.0. The summed E-state index contributed by atoms with van der Waals surface area (Å²) in [5.74, 6) is -1.53. The van der Waals surface area contributed by atoms with Crippen molar-refractivity contribution in [2.45, 2.75) is 39.2 Å². The predicted octanol–water partition coefficient (Wildman–Crippen LogP) is 4.88. The second-order valence-electron chi connectivity index (χ2n) is 9.53. The maximum Gasteiger partial charge on any atom is 0.341 e. The van der Waals surface area contributed by atoms with E-state index in [9.17, 15) is 19.8 Å². The SMILES string of the molecule is COc1cc2c(cc1Cc1cc(N3CCCC3)cc(Cl)c1F)c(=O)c(C(=O)O)cn2C(CO)C(C)C. The summed E-state index contributed by atoms with van der Waals surface area (Å²) in [4.78, 5) is 27.2. The number of aliphatic hydroxyl groups excluding tert-OH is 1. The number of fused-ring (bicyclic) bond motifs is 1. The molecule has 0 amide bonds. The van der Waals surface area contributed by atoms with Crippen LogP contribution >= 0.6 is 11.6 Å². The molecular weight excluding hydrogens is 487 g/mol. The first-order chi connectivity index (χ1) is 17.2. The van der Waals surface area contributed by atoms with Crippen molar-refractivity contribution in [3.63, 3.8) is 0 Å². The van der Waals surface area contributed by atoms with E-state index < -0.39 is 28.8 Å². The minimum Gasteiger partial charge on any atom is -0.496 e. The van der Waals surface area contributed by atoms with Gasteiger partial charge in [0.15, 0.2) is 0 Å². The number of pyridine rings is 1. The van der Waals surface area contributed by atoms with Crippen LogP contribution in [0.1, 0.15) is 54.2 Å². The summed E-state index contributed by atoms with van der Waals surface area (Å²) >= 11 is 6.24. The molecule has 0 bridgehead atoms. The fourth-order valence-corrected chi connectivity index (χ4v) is 5.15. The van der Waals surface area contributed by atoms with Crippen molar-refractivity contribution in [3.8, 4) is 5.75 Å². The number of carboxylic acids is 1. The van der Waals surface area contributed by atoms with E-state index in [0.29, 0.717) is 22.4 Å². The van der Waals surface area contributed by atoms with Crippen molar-refractivity contribution < 1.29 is 24.1 Å². The lowest BCUT2D eigenvalue weighted by Gasteiger charge is -2.25. The minimum absolute atomic E-state index is 0.0207. The zero-order valence-corrected chi connectivity index (χ0v) is 21.3. The highest BCUT2D eigenvalue weighted by molar-refractivity contribution is 6.31. The van der Waals surface area contributed by atoms with Gasteiger partial charge in [0.1, 0.15) is 17.1 Å². The maximum absolute atomic E-state index is 15.1. The third kappa shape index (κ3) is 4.80. The minimum atomic E-state index is -1.36. The largest absolute Gasteiger partial charge is 0.496 e. The Hall–Kier alpha value is -3.10. The Labute approximate surface area is 213 Å². The van der Waals surface area contributed by atoms with Gasteiger partial charge < -0.3 is 24.4 Å². The van der Waals surface area contributed by atoms with E-state index in [-0.39, 0.29) is 29.4 Å². The van der Waals surface area contributed by atoms with Crippen LogP contribution in [0.25, 0.3) is 10.9 Å². The van der Waals surface area contributed by atoms with Gasteiger partial charge >= 0.3 is 5.97 Å². The molecule has 1 aromatic heterocycles.